The molecule has 3 nitrogen and oxygen atoms in total. The van der Waals surface area contributed by atoms with Crippen LogP contribution in [0.3, 0.4) is 0 Å². The minimum absolute atomic E-state index is 0.316. The second-order valence-corrected chi connectivity index (χ2v) is 4.70. The highest BCUT2D eigenvalue weighted by Crippen LogP contribution is 2.32. The Kier molecular flexibility index (Phi) is 4.10. The van der Waals surface area contributed by atoms with Gasteiger partial charge in [-0.3, -0.25) is 4.98 Å². The van der Waals surface area contributed by atoms with Crippen LogP contribution in [0.4, 0.5) is 0 Å². The predicted molar refractivity (Wildman–Crippen MR) is 74.0 cm³/mol. The number of alkyl halides is 1. The fourth-order valence-corrected chi connectivity index (χ4v) is 1.98. The van der Waals surface area contributed by atoms with Crippen molar-refractivity contribution < 1.29 is 9.53 Å². The molecule has 1 unspecified atom stereocenters. The summed E-state index contributed by atoms with van der Waals surface area (Å²) in [5.41, 5.74) is 2.62. The zero-order valence-corrected chi connectivity index (χ0v) is 11.4. The third-order valence-electron chi connectivity index (χ3n) is 2.60. The summed E-state index contributed by atoms with van der Waals surface area (Å²) < 4.78 is 5.36. The molecular formula is C14H12BrNO2. The van der Waals surface area contributed by atoms with E-state index in [-0.39, 0.29) is 4.83 Å². The van der Waals surface area contributed by atoms with Crippen molar-refractivity contribution in [2.45, 2.75) is 4.83 Å². The van der Waals surface area contributed by atoms with Crippen LogP contribution in [0.5, 0.6) is 5.75 Å². The highest BCUT2D eigenvalue weighted by Gasteiger charge is 2.11. The molecule has 0 saturated heterocycles. The lowest BCUT2D eigenvalue weighted by Crippen LogP contribution is -1.95. The van der Waals surface area contributed by atoms with Crippen molar-refractivity contribution in [1.82, 2.24) is 4.98 Å². The van der Waals surface area contributed by atoms with Crippen LogP contribution in [0.25, 0.3) is 11.3 Å². The van der Waals surface area contributed by atoms with Gasteiger partial charge in [0, 0.05) is 11.8 Å². The topological polar surface area (TPSA) is 39.2 Å². The molecule has 92 valence electrons. The molecule has 2 aromatic rings. The van der Waals surface area contributed by atoms with Crippen LogP contribution in [0, 0.1) is 0 Å². The lowest BCUT2D eigenvalue weighted by Gasteiger charge is -2.11. The molecule has 1 aromatic carbocycles. The van der Waals surface area contributed by atoms with Gasteiger partial charge in [0.1, 0.15) is 12.0 Å². The van der Waals surface area contributed by atoms with Crippen LogP contribution in [-0.4, -0.2) is 18.4 Å². The van der Waals surface area contributed by atoms with Gasteiger partial charge in [-0.15, -0.1) is 0 Å². The van der Waals surface area contributed by atoms with E-state index in [1.807, 2.05) is 36.4 Å². The maximum atomic E-state index is 10.8. The summed E-state index contributed by atoms with van der Waals surface area (Å²) in [4.78, 5) is 14.7. The van der Waals surface area contributed by atoms with E-state index in [1.165, 1.54) is 0 Å². The highest BCUT2D eigenvalue weighted by molar-refractivity contribution is 9.09. The SMILES string of the molecule is COc1cc(C(Br)C=O)ccc1-c1ccccn1. The lowest BCUT2D eigenvalue weighted by atomic mass is 10.1. The first-order valence-corrected chi connectivity index (χ1v) is 6.36. The number of hydrogen-bond acceptors (Lipinski definition) is 3. The van der Waals surface area contributed by atoms with Crippen LogP contribution in [-0.2, 0) is 4.79 Å². The summed E-state index contributed by atoms with van der Waals surface area (Å²) in [5, 5.41) is 0. The van der Waals surface area contributed by atoms with Crippen LogP contribution >= 0.6 is 15.9 Å². The van der Waals surface area contributed by atoms with Gasteiger partial charge in [-0.25, -0.2) is 0 Å². The van der Waals surface area contributed by atoms with Gasteiger partial charge in [-0.05, 0) is 29.8 Å². The number of pyridine rings is 1. The van der Waals surface area contributed by atoms with E-state index in [2.05, 4.69) is 20.9 Å². The van der Waals surface area contributed by atoms with Gasteiger partial charge >= 0.3 is 0 Å². The Morgan fingerprint density at radius 3 is 2.78 bits per heavy atom. The van der Waals surface area contributed by atoms with Crippen LogP contribution in [0.1, 0.15) is 10.4 Å². The lowest BCUT2D eigenvalue weighted by molar-refractivity contribution is -0.107. The summed E-state index contributed by atoms with van der Waals surface area (Å²) in [6.07, 6.45) is 2.58. The Balaban J connectivity index is 2.47. The van der Waals surface area contributed by atoms with Gasteiger partial charge in [0.15, 0.2) is 0 Å². The molecule has 4 heteroatoms. The number of hydrogen-bond donors (Lipinski definition) is 0. The molecule has 0 aliphatic heterocycles. The minimum atomic E-state index is -0.316. The molecule has 0 saturated carbocycles. The maximum absolute atomic E-state index is 10.8. The van der Waals surface area contributed by atoms with Gasteiger partial charge in [-0.2, -0.15) is 0 Å². The number of aromatic nitrogens is 1. The van der Waals surface area contributed by atoms with E-state index in [0.717, 1.165) is 23.1 Å². The number of carbonyl (C=O) groups excluding carboxylic acids is 1. The molecule has 2 rings (SSSR count). The van der Waals surface area contributed by atoms with Gasteiger partial charge in [-0.1, -0.05) is 28.1 Å². The standard InChI is InChI=1S/C14H12BrNO2/c1-18-14-8-10(12(15)9-17)5-6-11(14)13-4-2-3-7-16-13/h2-9,12H,1H3. The summed E-state index contributed by atoms with van der Waals surface area (Å²) in [7, 11) is 1.61. The van der Waals surface area contributed by atoms with E-state index in [9.17, 15) is 4.79 Å². The number of ether oxygens (including phenoxy) is 1. The van der Waals surface area contributed by atoms with Crippen molar-refractivity contribution in [3.63, 3.8) is 0 Å². The predicted octanol–water partition coefficient (Wildman–Crippen LogP) is 3.39. The molecule has 0 aliphatic rings. The smallest absolute Gasteiger partial charge is 0.138 e. The summed E-state index contributed by atoms with van der Waals surface area (Å²) >= 11 is 3.29. The fraction of sp³-hybridized carbons (Fsp3) is 0.143. The molecule has 0 amide bonds. The Labute approximate surface area is 114 Å². The number of aldehydes is 1. The number of nitrogens with zero attached hydrogens (tertiary/aromatic N) is 1. The average molecular weight is 306 g/mol. The second-order valence-electron chi connectivity index (χ2n) is 3.71. The first kappa shape index (κ1) is 12.8. The molecular weight excluding hydrogens is 294 g/mol. The van der Waals surface area contributed by atoms with Crippen molar-refractivity contribution in [3.05, 3.63) is 48.2 Å². The molecule has 0 aliphatic carbocycles. The Hall–Kier alpha value is -1.68. The molecule has 0 fully saturated rings. The second kappa shape index (κ2) is 5.78. The van der Waals surface area contributed by atoms with Gasteiger partial charge in [0.25, 0.3) is 0 Å². The average Bonchev–Trinajstić information content (AvgIpc) is 2.46. The summed E-state index contributed by atoms with van der Waals surface area (Å²) in [5.74, 6) is 0.706. The number of carbonyl (C=O) groups is 1. The number of methoxy groups -OCH3 is 1. The highest BCUT2D eigenvalue weighted by atomic mass is 79.9. The third-order valence-corrected chi connectivity index (χ3v) is 3.35. The number of benzene rings is 1. The van der Waals surface area contributed by atoms with Gasteiger partial charge in [0.2, 0.25) is 0 Å². The molecule has 0 bridgehead atoms. The zero-order valence-electron chi connectivity index (χ0n) is 9.84. The van der Waals surface area contributed by atoms with E-state index >= 15 is 0 Å². The van der Waals surface area contributed by atoms with Crippen molar-refractivity contribution in [2.24, 2.45) is 0 Å². The molecule has 1 aromatic heterocycles. The van der Waals surface area contributed by atoms with Crippen molar-refractivity contribution in [3.8, 4) is 17.0 Å². The molecule has 18 heavy (non-hydrogen) atoms. The normalized spacial score (nSPS) is 11.9. The van der Waals surface area contributed by atoms with E-state index < -0.39 is 0 Å². The van der Waals surface area contributed by atoms with Crippen molar-refractivity contribution >= 4 is 22.2 Å². The quantitative estimate of drug-likeness (QED) is 0.642. The van der Waals surface area contributed by atoms with Gasteiger partial charge < -0.3 is 9.53 Å². The number of halogens is 1. The molecule has 0 N–H and O–H groups in total. The summed E-state index contributed by atoms with van der Waals surface area (Å²) in [6, 6.07) is 11.4. The number of rotatable bonds is 4. The Morgan fingerprint density at radius 1 is 1.33 bits per heavy atom. The molecule has 0 spiro atoms. The largest absolute Gasteiger partial charge is 0.496 e. The Morgan fingerprint density at radius 2 is 2.17 bits per heavy atom. The van der Waals surface area contributed by atoms with E-state index in [4.69, 9.17) is 4.74 Å². The van der Waals surface area contributed by atoms with E-state index in [0.29, 0.717) is 5.75 Å². The van der Waals surface area contributed by atoms with Crippen molar-refractivity contribution in [2.75, 3.05) is 7.11 Å². The molecule has 1 heterocycles. The maximum Gasteiger partial charge on any atom is 0.138 e. The van der Waals surface area contributed by atoms with Gasteiger partial charge in [0.05, 0.1) is 17.6 Å². The summed E-state index contributed by atoms with van der Waals surface area (Å²) in [6.45, 7) is 0. The fourth-order valence-electron chi connectivity index (χ4n) is 1.69. The molecule has 1 atom stereocenters. The molecule has 0 radical (unpaired) electrons. The first-order chi connectivity index (χ1) is 8.76. The van der Waals surface area contributed by atoms with E-state index in [1.54, 1.807) is 13.3 Å². The minimum Gasteiger partial charge on any atom is -0.496 e. The Bertz CT molecular complexity index is 543. The van der Waals surface area contributed by atoms with Crippen LogP contribution < -0.4 is 4.74 Å². The first-order valence-electron chi connectivity index (χ1n) is 5.45. The monoisotopic (exact) mass is 305 g/mol. The third kappa shape index (κ3) is 2.59. The zero-order chi connectivity index (χ0) is 13.0. The van der Waals surface area contributed by atoms with Crippen molar-refractivity contribution in [1.29, 1.82) is 0 Å². The van der Waals surface area contributed by atoms with Crippen LogP contribution in [0.2, 0.25) is 0 Å². The van der Waals surface area contributed by atoms with Crippen LogP contribution in [0.15, 0.2) is 42.6 Å².